The van der Waals surface area contributed by atoms with Crippen LogP contribution in [0, 0.1) is 0 Å². The number of hydrogen-bond donors (Lipinski definition) is 10. The van der Waals surface area contributed by atoms with Crippen molar-refractivity contribution in [1.82, 2.24) is 19.9 Å². The third-order valence-electron chi connectivity index (χ3n) is 14.5. The van der Waals surface area contributed by atoms with E-state index >= 15 is 0 Å². The summed E-state index contributed by atoms with van der Waals surface area (Å²) >= 11 is 0. The van der Waals surface area contributed by atoms with Gasteiger partial charge in [-0.3, -0.25) is 0 Å². The molecule has 368 valence electrons. The van der Waals surface area contributed by atoms with Crippen LogP contribution in [0.15, 0.2) is 158 Å². The van der Waals surface area contributed by atoms with Crippen LogP contribution in [0.5, 0.6) is 0 Å². The fourth-order valence-corrected chi connectivity index (χ4v) is 10.6. The summed E-state index contributed by atoms with van der Waals surface area (Å²) < 4.78 is 16.1. The van der Waals surface area contributed by atoms with E-state index in [4.69, 9.17) is 9.47 Å². The lowest BCUT2D eigenvalue weighted by Gasteiger charge is -2.34. The number of aromatic amines is 4. The van der Waals surface area contributed by atoms with Crippen molar-refractivity contribution in [2.45, 2.75) is 87.6 Å². The number of fused-ring (bicyclic) bond motifs is 8. The summed E-state index contributed by atoms with van der Waals surface area (Å²) in [6, 6.07) is 46.3. The number of hydrogen-bond acceptors (Lipinski definition) is 8. The second-order valence-corrected chi connectivity index (χ2v) is 19.1. The Hall–Kier alpha value is -6.98. The molecule has 0 saturated heterocycles. The SMILES string of the molecule is OC1CCC(OCC[n+]2ccc(C3=c4ccc([nH]4)=C(c4ccccc4)c4ccc([nH]4)C(c4ccccc4)=c4ccc([nH]4)=C(c4cc[n+](CCOC5CCC(O)C(O)C5O)cc4)c4ccc3[nH]4)cc2)C(O)C1O. The predicted octanol–water partition coefficient (Wildman–Crippen LogP) is 1.40. The average Bonchev–Trinajstić information content (AvgIpc) is 4.27. The number of nitrogens with zero attached hydrogens (tertiary/aromatic N) is 2. The van der Waals surface area contributed by atoms with Crippen molar-refractivity contribution in [1.29, 1.82) is 0 Å². The Balaban J connectivity index is 1.01. The predicted molar refractivity (Wildman–Crippen MR) is 268 cm³/mol. The largest absolute Gasteiger partial charge is 0.390 e. The van der Waals surface area contributed by atoms with E-state index in [2.05, 4.69) is 141 Å². The van der Waals surface area contributed by atoms with E-state index in [1.54, 1.807) is 0 Å². The Kier molecular flexibility index (Phi) is 13.6. The fraction of sp³-hybridized carbons (Fsp3) is 0.276. The third kappa shape index (κ3) is 9.59. The van der Waals surface area contributed by atoms with Gasteiger partial charge in [-0.25, -0.2) is 9.13 Å². The van der Waals surface area contributed by atoms with Crippen LogP contribution >= 0.6 is 0 Å². The summed E-state index contributed by atoms with van der Waals surface area (Å²) in [6.07, 6.45) is 2.03. The molecule has 2 aliphatic carbocycles. The van der Waals surface area contributed by atoms with E-state index in [0.29, 0.717) is 52.0 Å². The lowest BCUT2D eigenvalue weighted by molar-refractivity contribution is -0.699. The second-order valence-electron chi connectivity index (χ2n) is 19.1. The van der Waals surface area contributed by atoms with Gasteiger partial charge >= 0.3 is 0 Å². The smallest absolute Gasteiger partial charge is 0.171 e. The molecule has 2 fully saturated rings. The summed E-state index contributed by atoms with van der Waals surface area (Å²) in [6.45, 7) is 1.68. The number of aliphatic hydroxyl groups is 6. The zero-order chi connectivity index (χ0) is 49.3. The van der Waals surface area contributed by atoms with Gasteiger partial charge in [0.15, 0.2) is 37.9 Å². The van der Waals surface area contributed by atoms with Crippen molar-refractivity contribution in [3.63, 3.8) is 0 Å². The molecule has 0 spiro atoms. The molecular weight excluding hydrogens is 909 g/mol. The average molecular weight is 969 g/mol. The molecule has 1 aliphatic heterocycles. The van der Waals surface area contributed by atoms with Crippen LogP contribution in [-0.4, -0.2) is 113 Å². The summed E-state index contributed by atoms with van der Waals surface area (Å²) in [5.74, 6) is 0. The molecule has 14 nitrogen and oxygen atoms in total. The number of ether oxygens (including phenoxy) is 2. The van der Waals surface area contributed by atoms with E-state index in [1.807, 2.05) is 46.1 Å². The van der Waals surface area contributed by atoms with Gasteiger partial charge in [0.05, 0.1) is 24.4 Å². The van der Waals surface area contributed by atoms with Crippen molar-refractivity contribution in [2.75, 3.05) is 13.2 Å². The van der Waals surface area contributed by atoms with Crippen LogP contribution in [0.3, 0.4) is 0 Å². The molecule has 8 unspecified atom stereocenters. The zero-order valence-corrected chi connectivity index (χ0v) is 39.7. The molecule has 7 heterocycles. The van der Waals surface area contributed by atoms with Crippen molar-refractivity contribution in [3.8, 4) is 0 Å². The molecule has 8 atom stereocenters. The highest BCUT2D eigenvalue weighted by molar-refractivity contribution is 5.84. The molecule has 8 aromatic rings. The highest BCUT2D eigenvalue weighted by Gasteiger charge is 2.38. The molecule has 11 rings (SSSR count). The first-order chi connectivity index (χ1) is 35.2. The minimum atomic E-state index is -1.22. The van der Waals surface area contributed by atoms with Crippen LogP contribution in [0.25, 0.3) is 22.3 Å². The number of aliphatic hydroxyl groups excluding tert-OH is 6. The van der Waals surface area contributed by atoms with Gasteiger partial charge in [0, 0.05) is 90.7 Å². The van der Waals surface area contributed by atoms with E-state index < -0.39 is 48.8 Å². The van der Waals surface area contributed by atoms with Crippen LogP contribution in [0.2, 0.25) is 0 Å². The van der Waals surface area contributed by atoms with Crippen molar-refractivity contribution >= 4 is 22.3 Å². The topological polar surface area (TPSA) is 211 Å². The van der Waals surface area contributed by atoms with Gasteiger partial charge in [0.2, 0.25) is 0 Å². The minimum Gasteiger partial charge on any atom is -0.390 e. The maximum atomic E-state index is 10.5. The summed E-state index contributed by atoms with van der Waals surface area (Å²) in [5, 5.41) is 65.1. The van der Waals surface area contributed by atoms with E-state index in [-0.39, 0.29) is 0 Å². The van der Waals surface area contributed by atoms with Crippen LogP contribution in [0.4, 0.5) is 0 Å². The Morgan fingerprint density at radius 1 is 0.361 bits per heavy atom. The first kappa shape index (κ1) is 47.4. The molecule has 2 saturated carbocycles. The monoisotopic (exact) mass is 968 g/mol. The van der Waals surface area contributed by atoms with E-state index in [0.717, 1.165) is 88.7 Å². The molecule has 72 heavy (non-hydrogen) atoms. The normalized spacial score (nSPS) is 23.4. The van der Waals surface area contributed by atoms with Gasteiger partial charge in [-0.05, 0) is 96.5 Å². The van der Waals surface area contributed by atoms with Crippen molar-refractivity contribution in [3.05, 3.63) is 225 Å². The number of nitrogens with one attached hydrogen (secondary N) is 4. The molecule has 0 radical (unpaired) electrons. The van der Waals surface area contributed by atoms with Gasteiger partial charge in [-0.15, -0.1) is 0 Å². The standard InChI is InChI=1S/C58H58N6O8/c65-47-19-21-49(57(69)55(47)67)71-33-31-63-27-23-37(24-28-63)53-43-15-13-41(60-43)51(35-7-3-1-4-8-35)39-11-12-40(59-39)52(36-9-5-2-6-10-36)42-14-16-44(61-42)54(46-18-17-45(53)62-46)38-25-29-64(30-26-38)32-34-72-50-22-20-48(66)56(68)58(50)70/h1-18,23-30,47-50,55-58,62,65-70H,19-22,31-34H2,(H,59,60,61)/p+2. The Morgan fingerprint density at radius 3 is 1.01 bits per heavy atom. The molecule has 10 N–H and O–H groups in total. The van der Waals surface area contributed by atoms with Gasteiger partial charge in [0.25, 0.3) is 0 Å². The highest BCUT2D eigenvalue weighted by Crippen LogP contribution is 2.29. The molecule has 2 aromatic carbocycles. The molecule has 6 aromatic heterocycles. The maximum absolute atomic E-state index is 10.5. The van der Waals surface area contributed by atoms with Crippen molar-refractivity contribution < 1.29 is 49.2 Å². The second kappa shape index (κ2) is 20.6. The van der Waals surface area contributed by atoms with Crippen LogP contribution < -0.4 is 30.5 Å². The lowest BCUT2D eigenvalue weighted by Crippen LogP contribution is -2.50. The van der Waals surface area contributed by atoms with E-state index in [9.17, 15) is 30.6 Å². The fourth-order valence-electron chi connectivity index (χ4n) is 10.6. The first-order valence-corrected chi connectivity index (χ1v) is 24.8. The minimum absolute atomic E-state index is 0.321. The van der Waals surface area contributed by atoms with Crippen LogP contribution in [-0.2, 0) is 22.6 Å². The number of rotatable bonds is 12. The molecule has 8 bridgehead atoms. The van der Waals surface area contributed by atoms with Gasteiger partial charge in [-0.2, -0.15) is 0 Å². The van der Waals surface area contributed by atoms with Crippen LogP contribution in [0.1, 0.15) is 70.7 Å². The molecular formula is C58H60N6O8+2. The quantitative estimate of drug-likeness (QED) is 0.0808. The molecule has 0 amide bonds. The summed E-state index contributed by atoms with van der Waals surface area (Å²) in [7, 11) is 0. The highest BCUT2D eigenvalue weighted by atomic mass is 16.5. The van der Waals surface area contributed by atoms with Gasteiger partial charge in [0.1, 0.15) is 37.6 Å². The number of benzene rings is 2. The Labute approximate surface area is 415 Å². The number of pyridine rings is 2. The number of aromatic nitrogens is 6. The van der Waals surface area contributed by atoms with Gasteiger partial charge in [-0.1, -0.05) is 60.7 Å². The molecule has 14 heteroatoms. The maximum Gasteiger partial charge on any atom is 0.171 e. The summed E-state index contributed by atoms with van der Waals surface area (Å²) in [5.41, 5.74) is 11.7. The first-order valence-electron chi connectivity index (χ1n) is 24.8. The third-order valence-corrected chi connectivity index (χ3v) is 14.5. The molecule has 3 aliphatic rings. The Bertz CT molecular complexity index is 3180. The van der Waals surface area contributed by atoms with Crippen molar-refractivity contribution in [2.24, 2.45) is 0 Å². The summed E-state index contributed by atoms with van der Waals surface area (Å²) in [4.78, 5) is 15.4. The lowest BCUT2D eigenvalue weighted by atomic mass is 9.89. The number of H-pyrrole nitrogens is 4. The van der Waals surface area contributed by atoms with Gasteiger partial charge < -0.3 is 60.0 Å². The Morgan fingerprint density at radius 2 is 0.681 bits per heavy atom. The van der Waals surface area contributed by atoms with E-state index in [1.165, 1.54) is 0 Å². The zero-order valence-electron chi connectivity index (χ0n) is 39.7.